The van der Waals surface area contributed by atoms with Gasteiger partial charge in [-0.3, -0.25) is 4.84 Å². The summed E-state index contributed by atoms with van der Waals surface area (Å²) in [6, 6.07) is 1.13. The van der Waals surface area contributed by atoms with Crippen molar-refractivity contribution in [3.05, 3.63) is 18.0 Å². The molecule has 1 aliphatic heterocycles. The molecule has 0 unspecified atom stereocenters. The Morgan fingerprint density at radius 2 is 2.17 bits per heavy atom. The summed E-state index contributed by atoms with van der Waals surface area (Å²) in [5.74, 6) is -1.17. The second-order valence-corrected chi connectivity index (χ2v) is 5.88. The van der Waals surface area contributed by atoms with Crippen LogP contribution in [0.15, 0.2) is 17.2 Å². The summed E-state index contributed by atoms with van der Waals surface area (Å²) in [6.07, 6.45) is 2.83. The van der Waals surface area contributed by atoms with Crippen LogP contribution >= 0.6 is 0 Å². The standard InChI is InChI=1S/C10H14N2O5S/c1-11-7-8(6-9(11)10(13)14)18(15,16)12-4-2-3-5-17-12/h6-7H,2-5H2,1H3,(H,13,14). The second-order valence-electron chi connectivity index (χ2n) is 4.05. The van der Waals surface area contributed by atoms with Gasteiger partial charge in [0.1, 0.15) is 10.6 Å². The van der Waals surface area contributed by atoms with Crippen LogP contribution in [0.5, 0.6) is 0 Å². The number of sulfonamides is 1. The van der Waals surface area contributed by atoms with Crippen LogP contribution in [0, 0.1) is 0 Å². The molecule has 18 heavy (non-hydrogen) atoms. The van der Waals surface area contributed by atoms with Crippen molar-refractivity contribution in [1.29, 1.82) is 0 Å². The minimum absolute atomic E-state index is 0.0655. The average molecular weight is 274 g/mol. The van der Waals surface area contributed by atoms with E-state index in [-0.39, 0.29) is 10.6 Å². The number of nitrogens with zero attached hydrogens (tertiary/aromatic N) is 2. The van der Waals surface area contributed by atoms with Crippen LogP contribution in [0.4, 0.5) is 0 Å². The number of aromatic nitrogens is 1. The van der Waals surface area contributed by atoms with Gasteiger partial charge in [-0.05, 0) is 18.9 Å². The largest absolute Gasteiger partial charge is 0.477 e. The van der Waals surface area contributed by atoms with Gasteiger partial charge in [-0.2, -0.15) is 0 Å². The number of carboxylic acids is 1. The number of hydroxylamine groups is 1. The molecule has 0 bridgehead atoms. The highest BCUT2D eigenvalue weighted by Crippen LogP contribution is 2.21. The van der Waals surface area contributed by atoms with Crippen molar-refractivity contribution in [2.24, 2.45) is 7.05 Å². The smallest absolute Gasteiger partial charge is 0.352 e. The van der Waals surface area contributed by atoms with Gasteiger partial charge in [-0.1, -0.05) is 4.47 Å². The minimum atomic E-state index is -3.77. The molecule has 0 saturated carbocycles. The molecule has 1 aromatic heterocycles. The molecule has 1 N–H and O–H groups in total. The van der Waals surface area contributed by atoms with Crippen LogP contribution in [0.25, 0.3) is 0 Å². The Hall–Kier alpha value is -1.38. The van der Waals surface area contributed by atoms with Gasteiger partial charge >= 0.3 is 5.97 Å². The Morgan fingerprint density at radius 1 is 1.44 bits per heavy atom. The summed E-state index contributed by atoms with van der Waals surface area (Å²) < 4.78 is 26.5. The van der Waals surface area contributed by atoms with Crippen molar-refractivity contribution < 1.29 is 23.2 Å². The van der Waals surface area contributed by atoms with Crippen molar-refractivity contribution in [2.75, 3.05) is 13.2 Å². The zero-order valence-electron chi connectivity index (χ0n) is 9.87. The minimum Gasteiger partial charge on any atom is -0.477 e. The number of hydrogen-bond donors (Lipinski definition) is 1. The number of aryl methyl sites for hydroxylation is 1. The summed E-state index contributed by atoms with van der Waals surface area (Å²) in [5.41, 5.74) is -0.0782. The molecule has 0 aromatic carbocycles. The molecule has 2 rings (SSSR count). The monoisotopic (exact) mass is 274 g/mol. The van der Waals surface area contributed by atoms with Crippen molar-refractivity contribution in [2.45, 2.75) is 17.7 Å². The van der Waals surface area contributed by atoms with Crippen molar-refractivity contribution in [3.8, 4) is 0 Å². The molecule has 0 spiro atoms. The highest BCUT2D eigenvalue weighted by Gasteiger charge is 2.29. The van der Waals surface area contributed by atoms with Gasteiger partial charge in [0.2, 0.25) is 0 Å². The number of hydrogen-bond acceptors (Lipinski definition) is 4. The predicted octanol–water partition coefficient (Wildman–Crippen LogP) is 0.439. The lowest BCUT2D eigenvalue weighted by Gasteiger charge is -2.24. The van der Waals surface area contributed by atoms with E-state index in [9.17, 15) is 13.2 Å². The summed E-state index contributed by atoms with van der Waals surface area (Å²) in [7, 11) is -2.28. The van der Waals surface area contributed by atoms with Crippen molar-refractivity contribution >= 4 is 16.0 Å². The molecule has 100 valence electrons. The lowest BCUT2D eigenvalue weighted by atomic mass is 10.3. The van der Waals surface area contributed by atoms with Crippen molar-refractivity contribution in [3.63, 3.8) is 0 Å². The first-order chi connectivity index (χ1) is 8.43. The van der Waals surface area contributed by atoms with Crippen LogP contribution < -0.4 is 0 Å². The summed E-state index contributed by atoms with van der Waals surface area (Å²) in [5, 5.41) is 8.89. The topological polar surface area (TPSA) is 88.8 Å². The van der Waals surface area contributed by atoms with Crippen LogP contribution in [0.2, 0.25) is 0 Å². The number of carbonyl (C=O) groups is 1. The van der Waals surface area contributed by atoms with Gasteiger partial charge in [-0.25, -0.2) is 13.2 Å². The van der Waals surface area contributed by atoms with Gasteiger partial charge in [0, 0.05) is 19.8 Å². The van der Waals surface area contributed by atoms with E-state index in [0.717, 1.165) is 23.4 Å². The fourth-order valence-electron chi connectivity index (χ4n) is 1.77. The molecular formula is C10H14N2O5S. The SMILES string of the molecule is Cn1cc(S(=O)(=O)N2CCCCO2)cc1C(=O)O. The Kier molecular flexibility index (Phi) is 3.42. The quantitative estimate of drug-likeness (QED) is 0.864. The number of aromatic carboxylic acids is 1. The molecule has 0 radical (unpaired) electrons. The molecule has 1 aromatic rings. The van der Waals surface area contributed by atoms with E-state index in [4.69, 9.17) is 9.94 Å². The summed E-state index contributed by atoms with van der Waals surface area (Å²) >= 11 is 0. The first kappa shape index (κ1) is 13.1. The third kappa shape index (κ3) is 2.26. The number of rotatable bonds is 3. The molecule has 8 heteroatoms. The van der Waals surface area contributed by atoms with Crippen molar-refractivity contribution in [1.82, 2.24) is 9.04 Å². The Morgan fingerprint density at radius 3 is 2.67 bits per heavy atom. The van der Waals surface area contributed by atoms with Crippen LogP contribution in [-0.2, 0) is 21.9 Å². The molecule has 1 aliphatic rings. The van der Waals surface area contributed by atoms with Gasteiger partial charge in [0.25, 0.3) is 10.0 Å². The van der Waals surface area contributed by atoms with Crippen LogP contribution in [-0.4, -0.2) is 41.7 Å². The van der Waals surface area contributed by atoms with Crippen LogP contribution in [0.1, 0.15) is 23.3 Å². The Balaban J connectivity index is 2.35. The summed E-state index contributed by atoms with van der Waals surface area (Å²) in [4.78, 5) is 15.9. The molecule has 1 saturated heterocycles. The normalized spacial score (nSPS) is 17.8. The van der Waals surface area contributed by atoms with Gasteiger partial charge in [0.15, 0.2) is 0 Å². The molecule has 2 heterocycles. The highest BCUT2D eigenvalue weighted by atomic mass is 32.2. The lowest BCUT2D eigenvalue weighted by Crippen LogP contribution is -2.35. The highest BCUT2D eigenvalue weighted by molar-refractivity contribution is 7.89. The Bertz CT molecular complexity index is 557. The fourth-order valence-corrected chi connectivity index (χ4v) is 3.14. The predicted molar refractivity (Wildman–Crippen MR) is 61.5 cm³/mol. The molecule has 1 fully saturated rings. The number of carboxylic acid groups (broad SMARTS) is 1. The molecular weight excluding hydrogens is 260 g/mol. The average Bonchev–Trinajstić information content (AvgIpc) is 2.73. The molecule has 0 aliphatic carbocycles. The first-order valence-electron chi connectivity index (χ1n) is 5.48. The third-order valence-electron chi connectivity index (χ3n) is 2.74. The molecule has 0 amide bonds. The first-order valence-corrected chi connectivity index (χ1v) is 6.92. The molecule has 0 atom stereocenters. The maximum atomic E-state index is 12.2. The van der Waals surface area contributed by atoms with Gasteiger partial charge < -0.3 is 9.67 Å². The van der Waals surface area contributed by atoms with E-state index in [1.54, 1.807) is 0 Å². The Labute approximate surface area is 105 Å². The maximum Gasteiger partial charge on any atom is 0.352 e. The van der Waals surface area contributed by atoms with E-state index in [2.05, 4.69) is 0 Å². The van der Waals surface area contributed by atoms with Gasteiger partial charge in [0.05, 0.1) is 6.61 Å². The van der Waals surface area contributed by atoms with Gasteiger partial charge in [-0.15, -0.1) is 0 Å². The van der Waals surface area contributed by atoms with E-state index < -0.39 is 16.0 Å². The zero-order chi connectivity index (χ0) is 13.3. The zero-order valence-corrected chi connectivity index (χ0v) is 10.7. The van der Waals surface area contributed by atoms with Crippen LogP contribution in [0.3, 0.4) is 0 Å². The van der Waals surface area contributed by atoms with E-state index in [0.29, 0.717) is 13.2 Å². The molecule has 7 nitrogen and oxygen atoms in total. The third-order valence-corrected chi connectivity index (χ3v) is 4.38. The lowest BCUT2D eigenvalue weighted by molar-refractivity contribution is -0.108. The van der Waals surface area contributed by atoms with E-state index in [1.807, 2.05) is 0 Å². The second kappa shape index (κ2) is 4.71. The fraction of sp³-hybridized carbons (Fsp3) is 0.500. The van der Waals surface area contributed by atoms with E-state index >= 15 is 0 Å². The summed E-state index contributed by atoms with van der Waals surface area (Å²) in [6.45, 7) is 0.650. The maximum absolute atomic E-state index is 12.2. The van der Waals surface area contributed by atoms with E-state index in [1.165, 1.54) is 17.8 Å².